The Hall–Kier alpha value is -1.51. The van der Waals surface area contributed by atoms with E-state index in [0.717, 1.165) is 26.6 Å². The highest BCUT2D eigenvalue weighted by atomic mass is 79.9. The minimum Gasteiger partial charge on any atom is -0.508 e. The molecule has 0 heterocycles. The quantitative estimate of drug-likeness (QED) is 0.715. The van der Waals surface area contributed by atoms with Crippen LogP contribution in [0.5, 0.6) is 5.75 Å². The number of rotatable bonds is 4. The highest BCUT2D eigenvalue weighted by molar-refractivity contribution is 9.10. The second-order valence-electron chi connectivity index (χ2n) is 4.61. The van der Waals surface area contributed by atoms with Crippen molar-refractivity contribution in [1.29, 1.82) is 5.26 Å². The van der Waals surface area contributed by atoms with Crippen LogP contribution < -0.4 is 5.32 Å². The van der Waals surface area contributed by atoms with Gasteiger partial charge in [0.25, 0.3) is 0 Å². The molecule has 21 heavy (non-hydrogen) atoms. The lowest BCUT2D eigenvalue weighted by atomic mass is 10.0. The monoisotopic (exact) mass is 408 g/mol. The molecule has 2 rings (SSSR count). The van der Waals surface area contributed by atoms with Crippen LogP contribution in [0.15, 0.2) is 45.3 Å². The molecule has 2 N–H and O–H groups in total. The van der Waals surface area contributed by atoms with Gasteiger partial charge in [-0.25, -0.2) is 0 Å². The maximum absolute atomic E-state index is 10.1. The molecule has 0 aliphatic rings. The fourth-order valence-corrected chi connectivity index (χ4v) is 2.97. The number of benzene rings is 2. The number of anilines is 1. The van der Waals surface area contributed by atoms with Crippen LogP contribution in [-0.2, 0) is 0 Å². The van der Waals surface area contributed by atoms with E-state index >= 15 is 0 Å². The number of nitrogens with zero attached hydrogens (tertiary/aromatic N) is 1. The van der Waals surface area contributed by atoms with Crippen molar-refractivity contribution in [2.24, 2.45) is 0 Å². The molecule has 2 aromatic rings. The first-order valence-corrected chi connectivity index (χ1v) is 8.08. The van der Waals surface area contributed by atoms with Crippen molar-refractivity contribution in [3.8, 4) is 11.8 Å². The first-order chi connectivity index (χ1) is 10.0. The molecule has 3 nitrogen and oxygen atoms in total. The van der Waals surface area contributed by atoms with E-state index in [1.165, 1.54) is 0 Å². The van der Waals surface area contributed by atoms with Gasteiger partial charge in [-0.1, -0.05) is 22.9 Å². The molecule has 0 bridgehead atoms. The number of aromatic hydroxyl groups is 1. The number of halogens is 2. The Labute approximate surface area is 140 Å². The molecule has 0 fully saturated rings. The Balaban J connectivity index is 2.31. The molecule has 5 heteroatoms. The third kappa shape index (κ3) is 3.78. The lowest BCUT2D eigenvalue weighted by Crippen LogP contribution is -2.10. The zero-order valence-electron chi connectivity index (χ0n) is 11.4. The third-order valence-electron chi connectivity index (χ3n) is 3.20. The van der Waals surface area contributed by atoms with Gasteiger partial charge in [-0.3, -0.25) is 0 Å². The van der Waals surface area contributed by atoms with E-state index in [4.69, 9.17) is 5.26 Å². The summed E-state index contributed by atoms with van der Waals surface area (Å²) in [6.45, 7) is 2.05. The van der Waals surface area contributed by atoms with Crippen molar-refractivity contribution in [3.05, 3.63) is 56.5 Å². The summed E-state index contributed by atoms with van der Waals surface area (Å²) in [4.78, 5) is 0. The SMILES string of the molecule is CCC(Nc1ccc(C#N)cc1Br)c1cc(Br)ccc1O. The van der Waals surface area contributed by atoms with Gasteiger partial charge in [0, 0.05) is 20.2 Å². The fraction of sp³-hybridized carbons (Fsp3) is 0.188. The van der Waals surface area contributed by atoms with E-state index in [1.807, 2.05) is 18.2 Å². The molecular weight excluding hydrogens is 396 g/mol. The lowest BCUT2D eigenvalue weighted by molar-refractivity contribution is 0.462. The molecule has 0 saturated heterocycles. The van der Waals surface area contributed by atoms with Crippen molar-refractivity contribution in [3.63, 3.8) is 0 Å². The van der Waals surface area contributed by atoms with Crippen LogP contribution >= 0.6 is 31.9 Å². The molecule has 0 aliphatic heterocycles. The smallest absolute Gasteiger partial charge is 0.120 e. The van der Waals surface area contributed by atoms with Gasteiger partial charge in [0.05, 0.1) is 17.7 Å². The summed E-state index contributed by atoms with van der Waals surface area (Å²) in [5.41, 5.74) is 2.33. The van der Waals surface area contributed by atoms with E-state index in [2.05, 4.69) is 50.2 Å². The normalized spacial score (nSPS) is 11.7. The van der Waals surface area contributed by atoms with Gasteiger partial charge in [0.1, 0.15) is 5.75 Å². The first-order valence-electron chi connectivity index (χ1n) is 6.49. The maximum atomic E-state index is 10.1. The summed E-state index contributed by atoms with van der Waals surface area (Å²) in [7, 11) is 0. The van der Waals surface area contributed by atoms with Crippen molar-refractivity contribution >= 4 is 37.5 Å². The Morgan fingerprint density at radius 1 is 1.24 bits per heavy atom. The van der Waals surface area contributed by atoms with Gasteiger partial charge in [-0.2, -0.15) is 5.26 Å². The van der Waals surface area contributed by atoms with Crippen molar-refractivity contribution in [1.82, 2.24) is 0 Å². The first kappa shape index (κ1) is 15.9. The van der Waals surface area contributed by atoms with Crippen LogP contribution in [0.1, 0.15) is 30.5 Å². The number of nitrogens with one attached hydrogen (secondary N) is 1. The molecule has 0 aromatic heterocycles. The molecule has 0 aliphatic carbocycles. The van der Waals surface area contributed by atoms with E-state index in [9.17, 15) is 5.11 Å². The highest BCUT2D eigenvalue weighted by Crippen LogP contribution is 2.34. The van der Waals surface area contributed by atoms with Crippen LogP contribution in [0.2, 0.25) is 0 Å². The standard InChI is InChI=1S/C16H14Br2N2O/c1-2-14(12-8-11(17)4-6-16(12)21)20-15-5-3-10(9-19)7-13(15)18/h3-8,14,20-21H,2H2,1H3. The second kappa shape index (κ2) is 6.97. The van der Waals surface area contributed by atoms with Gasteiger partial charge < -0.3 is 10.4 Å². The number of hydrogen-bond acceptors (Lipinski definition) is 3. The lowest BCUT2D eigenvalue weighted by Gasteiger charge is -2.21. The average Bonchev–Trinajstić information content (AvgIpc) is 2.48. The van der Waals surface area contributed by atoms with Gasteiger partial charge in [-0.15, -0.1) is 0 Å². The van der Waals surface area contributed by atoms with Gasteiger partial charge >= 0.3 is 0 Å². The van der Waals surface area contributed by atoms with E-state index in [-0.39, 0.29) is 11.8 Å². The summed E-state index contributed by atoms with van der Waals surface area (Å²) in [6, 6.07) is 12.9. The summed E-state index contributed by atoms with van der Waals surface area (Å²) in [6.07, 6.45) is 0.816. The molecular formula is C16H14Br2N2O. The number of nitriles is 1. The predicted molar refractivity (Wildman–Crippen MR) is 91.3 cm³/mol. The highest BCUT2D eigenvalue weighted by Gasteiger charge is 2.15. The summed E-state index contributed by atoms with van der Waals surface area (Å²) < 4.78 is 1.75. The van der Waals surface area contributed by atoms with Crippen molar-refractivity contribution in [2.75, 3.05) is 5.32 Å². The van der Waals surface area contributed by atoms with Crippen molar-refractivity contribution in [2.45, 2.75) is 19.4 Å². The van der Waals surface area contributed by atoms with Gasteiger partial charge in [0.15, 0.2) is 0 Å². The minimum absolute atomic E-state index is 0.0215. The van der Waals surface area contributed by atoms with Crippen LogP contribution in [0.25, 0.3) is 0 Å². The predicted octanol–water partition coefficient (Wildman–Crippen LogP) is 5.35. The zero-order chi connectivity index (χ0) is 15.4. The summed E-state index contributed by atoms with van der Waals surface area (Å²) in [5.74, 6) is 0.266. The molecule has 2 aromatic carbocycles. The minimum atomic E-state index is -0.0215. The van der Waals surface area contributed by atoms with Crippen LogP contribution in [0.3, 0.4) is 0 Å². The molecule has 0 spiro atoms. The Kier molecular flexibility index (Phi) is 5.27. The molecule has 0 amide bonds. The van der Waals surface area contributed by atoms with Crippen LogP contribution in [0, 0.1) is 11.3 Å². The van der Waals surface area contributed by atoms with Crippen LogP contribution in [0.4, 0.5) is 5.69 Å². The molecule has 1 atom stereocenters. The van der Waals surface area contributed by atoms with E-state index in [1.54, 1.807) is 18.2 Å². The Morgan fingerprint density at radius 2 is 2.00 bits per heavy atom. The van der Waals surface area contributed by atoms with Crippen molar-refractivity contribution < 1.29 is 5.11 Å². The number of phenolic OH excluding ortho intramolecular Hbond substituents is 1. The van der Waals surface area contributed by atoms with Gasteiger partial charge in [0.2, 0.25) is 0 Å². The Bertz CT molecular complexity index is 695. The fourth-order valence-electron chi connectivity index (χ4n) is 2.09. The zero-order valence-corrected chi connectivity index (χ0v) is 14.6. The average molecular weight is 410 g/mol. The molecule has 0 radical (unpaired) electrons. The summed E-state index contributed by atoms with van der Waals surface area (Å²) >= 11 is 6.89. The molecule has 1 unspecified atom stereocenters. The summed E-state index contributed by atoms with van der Waals surface area (Å²) in [5, 5.41) is 22.3. The number of hydrogen-bond donors (Lipinski definition) is 2. The van der Waals surface area contributed by atoms with E-state index in [0.29, 0.717) is 5.56 Å². The van der Waals surface area contributed by atoms with E-state index < -0.39 is 0 Å². The number of phenols is 1. The second-order valence-corrected chi connectivity index (χ2v) is 6.38. The largest absolute Gasteiger partial charge is 0.508 e. The topological polar surface area (TPSA) is 56.0 Å². The van der Waals surface area contributed by atoms with Crippen LogP contribution in [-0.4, -0.2) is 5.11 Å². The molecule has 108 valence electrons. The maximum Gasteiger partial charge on any atom is 0.120 e. The van der Waals surface area contributed by atoms with Gasteiger partial charge in [-0.05, 0) is 58.7 Å². The Morgan fingerprint density at radius 3 is 2.62 bits per heavy atom. The third-order valence-corrected chi connectivity index (χ3v) is 4.35. The molecule has 0 saturated carbocycles.